The van der Waals surface area contributed by atoms with E-state index in [1.807, 2.05) is 26.0 Å². The first-order chi connectivity index (χ1) is 17.8. The summed E-state index contributed by atoms with van der Waals surface area (Å²) in [7, 11) is 0. The molecular formula is C35H51NO3. The van der Waals surface area contributed by atoms with E-state index in [1.54, 1.807) is 0 Å². The fraction of sp³-hybridized carbons (Fsp3) is 0.800. The molecular weight excluding hydrogens is 482 g/mol. The first-order valence-corrected chi connectivity index (χ1v) is 15.4. The zero-order valence-corrected chi connectivity index (χ0v) is 26.4. The van der Waals surface area contributed by atoms with Gasteiger partial charge in [0.15, 0.2) is 11.6 Å². The average molecular weight is 534 g/mol. The second-order valence-electron chi connectivity index (χ2n) is 16.6. The van der Waals surface area contributed by atoms with E-state index in [0.29, 0.717) is 5.92 Å². The zero-order chi connectivity index (χ0) is 29.2. The number of ether oxygens (including phenoxy) is 1. The summed E-state index contributed by atoms with van der Waals surface area (Å²) >= 11 is 0. The third-order valence-corrected chi connectivity index (χ3v) is 13.0. The van der Waals surface area contributed by atoms with E-state index in [4.69, 9.17) is 4.74 Å². The maximum Gasteiger partial charge on any atom is 0.188 e. The minimum Gasteiger partial charge on any atom is -0.362 e. The van der Waals surface area contributed by atoms with Gasteiger partial charge in [-0.3, -0.25) is 9.59 Å². The highest BCUT2D eigenvalue weighted by Gasteiger charge is 2.80. The molecule has 0 N–H and O–H groups in total. The molecule has 214 valence electrons. The number of carbonyl (C=O) groups is 2. The maximum atomic E-state index is 15.0. The van der Waals surface area contributed by atoms with Gasteiger partial charge in [0.05, 0.1) is 11.7 Å². The normalized spacial score (nSPS) is 46.6. The number of hydrogen-bond acceptors (Lipinski definition) is 4. The van der Waals surface area contributed by atoms with Crippen molar-refractivity contribution in [2.45, 2.75) is 126 Å². The summed E-state index contributed by atoms with van der Waals surface area (Å²) in [5.41, 5.74) is -1.24. The Kier molecular flexibility index (Phi) is 6.04. The van der Waals surface area contributed by atoms with Crippen LogP contribution in [0.4, 0.5) is 0 Å². The number of nitriles is 1. The van der Waals surface area contributed by atoms with E-state index in [0.717, 1.165) is 44.1 Å². The van der Waals surface area contributed by atoms with Crippen LogP contribution < -0.4 is 0 Å². The predicted molar refractivity (Wildman–Crippen MR) is 155 cm³/mol. The minimum absolute atomic E-state index is 0.00739. The van der Waals surface area contributed by atoms with Crippen LogP contribution in [0.3, 0.4) is 0 Å². The van der Waals surface area contributed by atoms with Gasteiger partial charge in [-0.05, 0) is 72.8 Å². The maximum absolute atomic E-state index is 15.0. The highest BCUT2D eigenvalue weighted by Crippen LogP contribution is 2.78. The van der Waals surface area contributed by atoms with Gasteiger partial charge in [-0.2, -0.15) is 5.26 Å². The summed E-state index contributed by atoms with van der Waals surface area (Å²) in [6.45, 7) is 24.7. The standard InChI is InChI=1S/C35H51NO3/c1-12-34-16-15-33(11)32(10)14-13-23-30(7,8)27(38)22(20-36)18-31(23,9)24(32)17-26(37)35(33,39-28(34)21(2)3)25(34)19-29(4,5)6/h17-18,21,23,25,28H,12-16,19H2,1-11H3/t23-,25?,28-,31-,32+,33-,34?,35+/m0/s1. The van der Waals surface area contributed by atoms with Crippen molar-refractivity contribution in [3.63, 3.8) is 0 Å². The van der Waals surface area contributed by atoms with Gasteiger partial charge in [-0.1, -0.05) is 82.2 Å². The third-order valence-electron chi connectivity index (χ3n) is 13.0. The summed E-state index contributed by atoms with van der Waals surface area (Å²) in [4.78, 5) is 28.3. The van der Waals surface area contributed by atoms with Crippen molar-refractivity contribution < 1.29 is 14.3 Å². The molecule has 1 saturated heterocycles. The van der Waals surface area contributed by atoms with E-state index >= 15 is 0 Å². The van der Waals surface area contributed by atoms with Crippen molar-refractivity contribution >= 4 is 11.6 Å². The molecule has 1 heterocycles. The number of rotatable bonds is 3. The number of allylic oxidation sites excluding steroid dienone is 3. The molecule has 0 aromatic heterocycles. The van der Waals surface area contributed by atoms with Gasteiger partial charge in [0.2, 0.25) is 0 Å². The van der Waals surface area contributed by atoms with E-state index in [-0.39, 0.29) is 56.7 Å². The van der Waals surface area contributed by atoms with Crippen LogP contribution in [-0.4, -0.2) is 23.3 Å². The van der Waals surface area contributed by atoms with Gasteiger partial charge < -0.3 is 4.74 Å². The van der Waals surface area contributed by atoms with Crippen molar-refractivity contribution in [1.82, 2.24) is 0 Å². The minimum atomic E-state index is -0.854. The number of ketones is 2. The van der Waals surface area contributed by atoms with Crippen LogP contribution in [0.2, 0.25) is 0 Å². The molecule has 2 saturated carbocycles. The molecule has 2 bridgehead atoms. The van der Waals surface area contributed by atoms with Gasteiger partial charge in [0.1, 0.15) is 11.7 Å². The lowest BCUT2D eigenvalue weighted by Gasteiger charge is -2.69. The Hall–Kier alpha value is -1.73. The van der Waals surface area contributed by atoms with Crippen LogP contribution in [0.1, 0.15) is 115 Å². The van der Waals surface area contributed by atoms with Crippen molar-refractivity contribution in [2.24, 2.45) is 50.2 Å². The molecule has 5 aliphatic rings. The molecule has 0 radical (unpaired) electrons. The Labute approximate surface area is 237 Å². The van der Waals surface area contributed by atoms with Gasteiger partial charge in [-0.25, -0.2) is 0 Å². The summed E-state index contributed by atoms with van der Waals surface area (Å²) in [5.74, 6) is 0.617. The summed E-state index contributed by atoms with van der Waals surface area (Å²) < 4.78 is 7.37. The molecule has 1 aliphatic heterocycles. The Morgan fingerprint density at radius 2 is 1.72 bits per heavy atom. The lowest BCUT2D eigenvalue weighted by atomic mass is 9.34. The Balaban J connectivity index is 1.79. The molecule has 1 spiro atoms. The van der Waals surface area contributed by atoms with E-state index in [9.17, 15) is 14.9 Å². The molecule has 4 nitrogen and oxygen atoms in total. The van der Waals surface area contributed by atoms with Crippen LogP contribution in [0.15, 0.2) is 23.3 Å². The molecule has 4 heteroatoms. The van der Waals surface area contributed by atoms with Gasteiger partial charge in [0.25, 0.3) is 0 Å². The average Bonchev–Trinajstić information content (AvgIpc) is 3.03. The molecule has 0 aromatic rings. The van der Waals surface area contributed by atoms with Gasteiger partial charge in [0, 0.05) is 27.6 Å². The molecule has 39 heavy (non-hydrogen) atoms. The van der Waals surface area contributed by atoms with Crippen LogP contribution in [0.5, 0.6) is 0 Å². The largest absolute Gasteiger partial charge is 0.362 e. The predicted octanol–water partition coefficient (Wildman–Crippen LogP) is 8.02. The fourth-order valence-electron chi connectivity index (χ4n) is 11.1. The van der Waals surface area contributed by atoms with E-state index in [1.165, 1.54) is 0 Å². The first-order valence-electron chi connectivity index (χ1n) is 15.4. The zero-order valence-electron chi connectivity index (χ0n) is 26.4. The van der Waals surface area contributed by atoms with E-state index in [2.05, 4.69) is 68.4 Å². The first kappa shape index (κ1) is 28.8. The molecule has 0 amide bonds. The SMILES string of the molecule is CCC12CC[C@@]3(C)[C@]4(C)CC[C@H]5C(C)(C)C(=O)C(C#N)=C[C@]5(C)C4=CC(=O)[C@]3(O[C@H]1C(C)C)C2CC(C)(C)C. The Bertz CT molecular complexity index is 1230. The number of fused-ring (bicyclic) bond motifs is 5. The van der Waals surface area contributed by atoms with Gasteiger partial charge in [-0.15, -0.1) is 0 Å². The molecule has 8 atom stereocenters. The second kappa shape index (κ2) is 8.18. The quantitative estimate of drug-likeness (QED) is 0.368. The number of Topliss-reactive ketones (excluding diaryl/α,β-unsaturated/α-hetero) is 1. The van der Waals surface area contributed by atoms with Gasteiger partial charge >= 0.3 is 0 Å². The Morgan fingerprint density at radius 1 is 1.08 bits per heavy atom. The van der Waals surface area contributed by atoms with Crippen LogP contribution in [0, 0.1) is 61.6 Å². The Morgan fingerprint density at radius 3 is 2.26 bits per heavy atom. The topological polar surface area (TPSA) is 67.2 Å². The van der Waals surface area contributed by atoms with E-state index < -0.39 is 16.4 Å². The second-order valence-corrected chi connectivity index (χ2v) is 16.6. The summed E-state index contributed by atoms with van der Waals surface area (Å²) in [5, 5.41) is 9.97. The highest BCUT2D eigenvalue weighted by atomic mass is 16.5. The third kappa shape index (κ3) is 3.21. The number of carbonyl (C=O) groups excluding carboxylic acids is 2. The number of hydrogen-bond donors (Lipinski definition) is 0. The lowest BCUT2D eigenvalue weighted by molar-refractivity contribution is -0.207. The van der Waals surface area contributed by atoms with Crippen molar-refractivity contribution in [1.29, 1.82) is 5.26 Å². The van der Waals surface area contributed by atoms with Crippen LogP contribution in [0.25, 0.3) is 0 Å². The van der Waals surface area contributed by atoms with Crippen molar-refractivity contribution in [3.8, 4) is 6.07 Å². The molecule has 4 aliphatic carbocycles. The monoisotopic (exact) mass is 533 g/mol. The lowest BCUT2D eigenvalue weighted by Crippen LogP contribution is -2.71. The summed E-state index contributed by atoms with van der Waals surface area (Å²) in [6.07, 6.45) is 9.80. The van der Waals surface area contributed by atoms with Crippen molar-refractivity contribution in [3.05, 3.63) is 23.3 Å². The summed E-state index contributed by atoms with van der Waals surface area (Å²) in [6, 6.07) is 2.22. The van der Waals surface area contributed by atoms with Crippen LogP contribution >= 0.6 is 0 Å². The van der Waals surface area contributed by atoms with Crippen molar-refractivity contribution in [2.75, 3.05) is 0 Å². The number of nitrogens with zero attached hydrogens (tertiary/aromatic N) is 1. The molecule has 5 rings (SSSR count). The highest BCUT2D eigenvalue weighted by molar-refractivity contribution is 6.05. The van der Waals surface area contributed by atoms with Crippen LogP contribution in [-0.2, 0) is 14.3 Å². The smallest absolute Gasteiger partial charge is 0.188 e. The molecule has 2 unspecified atom stereocenters. The molecule has 0 aromatic carbocycles. The molecule has 3 fully saturated rings. The fourth-order valence-corrected chi connectivity index (χ4v) is 11.1.